The van der Waals surface area contributed by atoms with Gasteiger partial charge < -0.3 is 15.0 Å². The van der Waals surface area contributed by atoms with Crippen molar-refractivity contribution in [1.82, 2.24) is 14.9 Å². The van der Waals surface area contributed by atoms with Gasteiger partial charge in [-0.25, -0.2) is 0 Å². The third-order valence-electron chi connectivity index (χ3n) is 6.72. The van der Waals surface area contributed by atoms with Crippen molar-refractivity contribution < 1.29 is 9.53 Å². The van der Waals surface area contributed by atoms with Crippen LogP contribution in [0.2, 0.25) is 0 Å². The van der Waals surface area contributed by atoms with Gasteiger partial charge in [-0.2, -0.15) is 0 Å². The molecule has 0 aliphatic carbocycles. The van der Waals surface area contributed by atoms with E-state index < -0.39 is 5.60 Å². The fourth-order valence-corrected chi connectivity index (χ4v) is 4.78. The van der Waals surface area contributed by atoms with E-state index >= 15 is 0 Å². The molecule has 0 aliphatic heterocycles. The molecule has 1 N–H and O–H groups in total. The molecule has 6 heteroatoms. The topological polar surface area (TPSA) is 67.3 Å². The van der Waals surface area contributed by atoms with Crippen molar-refractivity contribution in [3.8, 4) is 0 Å². The van der Waals surface area contributed by atoms with E-state index in [1.165, 1.54) is 22.1 Å². The Morgan fingerprint density at radius 1 is 0.950 bits per heavy atom. The van der Waals surface area contributed by atoms with Crippen LogP contribution in [0.15, 0.2) is 85.5 Å². The number of pyridine rings is 2. The van der Waals surface area contributed by atoms with Gasteiger partial charge in [-0.3, -0.25) is 14.8 Å². The molecule has 40 heavy (non-hydrogen) atoms. The summed E-state index contributed by atoms with van der Waals surface area (Å²) < 4.78 is 5.99. The van der Waals surface area contributed by atoms with Crippen molar-refractivity contribution >= 4 is 22.5 Å². The molecule has 0 spiro atoms. The summed E-state index contributed by atoms with van der Waals surface area (Å²) in [7, 11) is 0. The van der Waals surface area contributed by atoms with E-state index in [2.05, 4.69) is 53.9 Å². The maximum Gasteiger partial charge on any atom is 0.244 e. The zero-order valence-electron chi connectivity index (χ0n) is 24.3. The van der Waals surface area contributed by atoms with Crippen molar-refractivity contribution in [3.05, 3.63) is 113 Å². The minimum atomic E-state index is -0.418. The number of aromatic nitrogens is 2. The first-order chi connectivity index (χ1) is 19.1. The zero-order chi connectivity index (χ0) is 28.7. The fraction of sp³-hybridized carbons (Fsp3) is 0.324. The van der Waals surface area contributed by atoms with Gasteiger partial charge in [-0.1, -0.05) is 44.2 Å². The normalized spacial score (nSPS) is 11.3. The van der Waals surface area contributed by atoms with Crippen LogP contribution in [0.1, 0.15) is 62.6 Å². The van der Waals surface area contributed by atoms with Gasteiger partial charge in [0, 0.05) is 30.2 Å². The van der Waals surface area contributed by atoms with Crippen molar-refractivity contribution in [2.45, 2.75) is 66.0 Å². The predicted octanol–water partition coefficient (Wildman–Crippen LogP) is 7.07. The average molecular weight is 537 g/mol. The van der Waals surface area contributed by atoms with Gasteiger partial charge in [0.05, 0.1) is 17.4 Å². The summed E-state index contributed by atoms with van der Waals surface area (Å²) in [6.45, 7) is 15.0. The molecule has 0 bridgehead atoms. The number of hydrogen-bond donors (Lipinski definition) is 1. The van der Waals surface area contributed by atoms with E-state index in [0.29, 0.717) is 24.5 Å². The van der Waals surface area contributed by atoms with Gasteiger partial charge >= 0.3 is 0 Å². The first kappa shape index (κ1) is 28.8. The molecule has 0 unspecified atom stereocenters. The second-order valence-corrected chi connectivity index (χ2v) is 11.0. The van der Waals surface area contributed by atoms with Crippen LogP contribution in [0.3, 0.4) is 0 Å². The molecule has 4 aromatic rings. The van der Waals surface area contributed by atoms with Crippen molar-refractivity contribution in [3.63, 3.8) is 0 Å². The zero-order valence-corrected chi connectivity index (χ0v) is 24.3. The molecule has 0 aliphatic rings. The Labute approximate surface area is 238 Å². The van der Waals surface area contributed by atoms with Gasteiger partial charge in [0.2, 0.25) is 5.91 Å². The minimum Gasteiger partial charge on any atom is -0.474 e. The van der Waals surface area contributed by atoms with Gasteiger partial charge in [0.25, 0.3) is 0 Å². The number of carbonyl (C=O) groups excluding carboxylic acids is 1. The number of amides is 1. The summed E-state index contributed by atoms with van der Waals surface area (Å²) in [5, 5.41) is 4.15. The van der Waals surface area contributed by atoms with Gasteiger partial charge in [-0.05, 0) is 92.8 Å². The lowest BCUT2D eigenvalue weighted by Gasteiger charge is -2.31. The smallest absolute Gasteiger partial charge is 0.244 e. The summed E-state index contributed by atoms with van der Waals surface area (Å²) in [6, 6.07) is 20.4. The molecule has 0 saturated heterocycles. The highest BCUT2D eigenvalue weighted by Crippen LogP contribution is 2.25. The average Bonchev–Trinajstić information content (AvgIpc) is 2.92. The molecule has 0 saturated carbocycles. The van der Waals surface area contributed by atoms with Gasteiger partial charge in [-0.15, -0.1) is 0 Å². The molecule has 0 atom stereocenters. The minimum absolute atomic E-state index is 0.105. The first-order valence-electron chi connectivity index (χ1n) is 14.0. The third-order valence-corrected chi connectivity index (χ3v) is 6.72. The third kappa shape index (κ3) is 7.69. The van der Waals surface area contributed by atoms with Gasteiger partial charge in [0.1, 0.15) is 12.1 Å². The standard InChI is InChI=1S/C34H40N4O2/c1-7-26-19-31-28(16-17-35-32(31)20-27(26)8-2)18-29-14-15-30(21-36-29)37-33(39)23-38(24(3)40-34(4,5)6)22-25-12-10-9-11-13-25/h9-17,19-21H,3,7-8,18,22-23H2,1-2,4-6H3,(H,37,39). The van der Waals surface area contributed by atoms with Crippen LogP contribution < -0.4 is 5.32 Å². The largest absolute Gasteiger partial charge is 0.474 e. The van der Waals surface area contributed by atoms with Crippen LogP contribution in [0.25, 0.3) is 10.9 Å². The number of nitrogens with one attached hydrogen (secondary N) is 1. The van der Waals surface area contributed by atoms with E-state index in [9.17, 15) is 4.79 Å². The maximum absolute atomic E-state index is 13.0. The summed E-state index contributed by atoms with van der Waals surface area (Å²) in [4.78, 5) is 24.1. The number of carbonyl (C=O) groups is 1. The summed E-state index contributed by atoms with van der Waals surface area (Å²) in [5.41, 5.74) is 7.17. The van der Waals surface area contributed by atoms with E-state index in [1.807, 2.05) is 74.3 Å². The number of rotatable bonds is 11. The Balaban J connectivity index is 1.44. The van der Waals surface area contributed by atoms with Crippen molar-refractivity contribution in [1.29, 1.82) is 0 Å². The molecular formula is C34H40N4O2. The Hall–Kier alpha value is -4.19. The van der Waals surface area contributed by atoms with E-state index in [1.54, 1.807) is 6.20 Å². The fourth-order valence-electron chi connectivity index (χ4n) is 4.78. The highest BCUT2D eigenvalue weighted by Gasteiger charge is 2.20. The van der Waals surface area contributed by atoms with Crippen LogP contribution in [0, 0.1) is 0 Å². The van der Waals surface area contributed by atoms with E-state index in [-0.39, 0.29) is 12.5 Å². The lowest BCUT2D eigenvalue weighted by Crippen LogP contribution is -2.35. The van der Waals surface area contributed by atoms with Crippen LogP contribution in [0.5, 0.6) is 0 Å². The highest BCUT2D eigenvalue weighted by atomic mass is 16.5. The van der Waals surface area contributed by atoms with Gasteiger partial charge in [0.15, 0.2) is 5.88 Å². The Morgan fingerprint density at radius 2 is 1.68 bits per heavy atom. The lowest BCUT2D eigenvalue weighted by atomic mass is 9.96. The van der Waals surface area contributed by atoms with Crippen LogP contribution >= 0.6 is 0 Å². The molecule has 0 fully saturated rings. The molecular weight excluding hydrogens is 496 g/mol. The van der Waals surface area contributed by atoms with Crippen LogP contribution in [-0.4, -0.2) is 32.9 Å². The second kappa shape index (κ2) is 12.8. The molecule has 0 radical (unpaired) electrons. The van der Waals surface area contributed by atoms with E-state index in [4.69, 9.17) is 4.74 Å². The molecule has 208 valence electrons. The van der Waals surface area contributed by atoms with Crippen LogP contribution in [-0.2, 0) is 35.3 Å². The summed E-state index contributed by atoms with van der Waals surface area (Å²) >= 11 is 0. The quantitative estimate of drug-likeness (QED) is 0.208. The summed E-state index contributed by atoms with van der Waals surface area (Å²) in [6.07, 6.45) is 6.28. The van der Waals surface area contributed by atoms with Crippen molar-refractivity contribution in [2.24, 2.45) is 0 Å². The Bertz CT molecular complexity index is 1460. The Kier molecular flexibility index (Phi) is 9.20. The highest BCUT2D eigenvalue weighted by molar-refractivity contribution is 5.92. The number of hydrogen-bond acceptors (Lipinski definition) is 5. The number of ether oxygens (including phenoxy) is 1. The number of benzene rings is 2. The molecule has 4 rings (SSSR count). The Morgan fingerprint density at radius 3 is 2.33 bits per heavy atom. The van der Waals surface area contributed by atoms with E-state index in [0.717, 1.165) is 29.6 Å². The lowest BCUT2D eigenvalue weighted by molar-refractivity contribution is -0.118. The maximum atomic E-state index is 13.0. The number of anilines is 1. The molecule has 6 nitrogen and oxygen atoms in total. The molecule has 2 heterocycles. The van der Waals surface area contributed by atoms with Crippen LogP contribution in [0.4, 0.5) is 5.69 Å². The predicted molar refractivity (Wildman–Crippen MR) is 163 cm³/mol. The number of nitrogens with zero attached hydrogens (tertiary/aromatic N) is 3. The number of aryl methyl sites for hydroxylation is 2. The summed E-state index contributed by atoms with van der Waals surface area (Å²) in [5.74, 6) is 0.296. The molecule has 1 amide bonds. The molecule has 2 aromatic heterocycles. The SMILES string of the molecule is C=C(OC(C)(C)C)N(CC(=O)Nc1ccc(Cc2ccnc3cc(CC)c(CC)cc23)nc1)Cc1ccccc1. The first-order valence-corrected chi connectivity index (χ1v) is 14.0. The number of fused-ring (bicyclic) bond motifs is 1. The second-order valence-electron chi connectivity index (χ2n) is 11.0. The molecule has 2 aromatic carbocycles. The monoisotopic (exact) mass is 536 g/mol. The van der Waals surface area contributed by atoms with Crippen molar-refractivity contribution in [2.75, 3.05) is 11.9 Å².